The topological polar surface area (TPSA) is 45.1 Å². The molecule has 0 fully saturated rings. The van der Waals surface area contributed by atoms with Crippen molar-refractivity contribution in [3.8, 4) is 0 Å². The lowest BCUT2D eigenvalue weighted by molar-refractivity contribution is 0.169. The first-order valence-corrected chi connectivity index (χ1v) is 7.10. The number of rotatable bonds is 7. The van der Waals surface area contributed by atoms with E-state index in [1.165, 1.54) is 9.88 Å². The van der Waals surface area contributed by atoms with Gasteiger partial charge in [-0.15, -0.1) is 11.3 Å². The van der Waals surface area contributed by atoms with Crippen LogP contribution in [-0.4, -0.2) is 22.2 Å². The summed E-state index contributed by atoms with van der Waals surface area (Å²) in [6.07, 6.45) is 3.92. The fraction of sp³-hybridized carbons (Fsp3) is 0.769. The molecule has 0 aliphatic heterocycles. The number of nitrogens with zero attached hydrogens (tertiary/aromatic N) is 1. The number of aliphatic hydroxyl groups excluding tert-OH is 1. The summed E-state index contributed by atoms with van der Waals surface area (Å²) >= 11 is 1.77. The number of hydrogen-bond acceptors (Lipinski definition) is 4. The zero-order chi connectivity index (χ0) is 12.9. The van der Waals surface area contributed by atoms with E-state index in [0.717, 1.165) is 19.4 Å². The molecule has 0 saturated heterocycles. The second-order valence-electron chi connectivity index (χ2n) is 5.24. The molecule has 2 N–H and O–H groups in total. The van der Waals surface area contributed by atoms with Crippen LogP contribution in [0.5, 0.6) is 0 Å². The van der Waals surface area contributed by atoms with Gasteiger partial charge in [-0.05, 0) is 19.3 Å². The molecule has 1 rings (SSSR count). The Morgan fingerprint density at radius 1 is 1.53 bits per heavy atom. The Labute approximate surface area is 108 Å². The average molecular weight is 256 g/mol. The van der Waals surface area contributed by atoms with E-state index in [9.17, 15) is 5.11 Å². The van der Waals surface area contributed by atoms with Crippen LogP contribution in [-0.2, 0) is 13.0 Å². The molecule has 1 heterocycles. The third-order valence-corrected chi connectivity index (χ3v) is 4.02. The van der Waals surface area contributed by atoms with Gasteiger partial charge >= 0.3 is 0 Å². The van der Waals surface area contributed by atoms with Gasteiger partial charge in [0.15, 0.2) is 0 Å². The predicted molar refractivity (Wildman–Crippen MR) is 73.3 cm³/mol. The van der Waals surface area contributed by atoms with Crippen LogP contribution in [0.1, 0.15) is 44.0 Å². The number of thiazole rings is 1. The summed E-state index contributed by atoms with van der Waals surface area (Å²) in [7, 11) is 0. The van der Waals surface area contributed by atoms with Crippen LogP contribution in [0, 0.1) is 5.92 Å². The van der Waals surface area contributed by atoms with Crippen LogP contribution in [0.25, 0.3) is 0 Å². The molecular weight excluding hydrogens is 232 g/mol. The molecule has 98 valence electrons. The van der Waals surface area contributed by atoms with Crippen molar-refractivity contribution in [1.82, 2.24) is 10.3 Å². The van der Waals surface area contributed by atoms with E-state index in [1.54, 1.807) is 11.3 Å². The second-order valence-corrected chi connectivity index (χ2v) is 6.44. The third-order valence-electron chi connectivity index (χ3n) is 3.00. The number of hydrogen-bond donors (Lipinski definition) is 2. The molecule has 0 radical (unpaired) electrons. The maximum absolute atomic E-state index is 9.31. The lowest BCUT2D eigenvalue weighted by atomic mass is 10.0. The van der Waals surface area contributed by atoms with Gasteiger partial charge in [0, 0.05) is 29.6 Å². The Morgan fingerprint density at radius 3 is 2.76 bits per heavy atom. The van der Waals surface area contributed by atoms with Crippen molar-refractivity contribution in [2.45, 2.75) is 52.6 Å². The molecule has 1 atom stereocenters. The van der Waals surface area contributed by atoms with E-state index in [1.807, 2.05) is 13.1 Å². The molecule has 0 aliphatic rings. The number of nitrogens with one attached hydrogen (secondary N) is 1. The summed E-state index contributed by atoms with van der Waals surface area (Å²) in [5.74, 6) is 0.653. The summed E-state index contributed by atoms with van der Waals surface area (Å²) in [5, 5.41) is 13.9. The first-order valence-electron chi connectivity index (χ1n) is 6.28. The quantitative estimate of drug-likeness (QED) is 0.788. The third kappa shape index (κ3) is 4.74. The largest absolute Gasteiger partial charge is 0.394 e. The van der Waals surface area contributed by atoms with Crippen molar-refractivity contribution in [2.75, 3.05) is 6.61 Å². The number of aliphatic hydroxyl groups is 1. The maximum Gasteiger partial charge on any atom is 0.0930 e. The van der Waals surface area contributed by atoms with Crippen LogP contribution in [0.2, 0.25) is 0 Å². The SMILES string of the molecule is CCC(C)(CO)NCc1cnc(CC(C)C)s1. The van der Waals surface area contributed by atoms with Crippen molar-refractivity contribution in [1.29, 1.82) is 0 Å². The maximum atomic E-state index is 9.31. The molecule has 3 nitrogen and oxygen atoms in total. The molecule has 0 aromatic carbocycles. The Bertz CT molecular complexity index is 332. The van der Waals surface area contributed by atoms with Gasteiger partial charge in [-0.3, -0.25) is 0 Å². The highest BCUT2D eigenvalue weighted by Crippen LogP contribution is 2.18. The highest BCUT2D eigenvalue weighted by molar-refractivity contribution is 7.11. The Morgan fingerprint density at radius 2 is 2.24 bits per heavy atom. The van der Waals surface area contributed by atoms with Gasteiger partial charge in [0.05, 0.1) is 11.6 Å². The Hall–Kier alpha value is -0.450. The van der Waals surface area contributed by atoms with Gasteiger partial charge in [0.2, 0.25) is 0 Å². The standard InChI is InChI=1S/C13H24N2OS/c1-5-13(4,9-16)15-8-11-7-14-12(17-11)6-10(2)3/h7,10,15-16H,5-6,8-9H2,1-4H3. The van der Waals surface area contributed by atoms with E-state index in [2.05, 4.69) is 31.1 Å². The molecule has 0 amide bonds. The van der Waals surface area contributed by atoms with Gasteiger partial charge in [0.25, 0.3) is 0 Å². The van der Waals surface area contributed by atoms with E-state index in [-0.39, 0.29) is 12.1 Å². The van der Waals surface area contributed by atoms with E-state index in [0.29, 0.717) is 5.92 Å². The minimum Gasteiger partial charge on any atom is -0.394 e. The van der Waals surface area contributed by atoms with Crippen molar-refractivity contribution in [2.24, 2.45) is 5.92 Å². The smallest absolute Gasteiger partial charge is 0.0930 e. The van der Waals surface area contributed by atoms with E-state index in [4.69, 9.17) is 0 Å². The van der Waals surface area contributed by atoms with Crippen LogP contribution in [0.3, 0.4) is 0 Å². The summed E-state index contributed by atoms with van der Waals surface area (Å²) in [5.41, 5.74) is -0.178. The van der Waals surface area contributed by atoms with Gasteiger partial charge in [-0.25, -0.2) is 4.98 Å². The van der Waals surface area contributed by atoms with Gasteiger partial charge in [-0.2, -0.15) is 0 Å². The molecular formula is C13H24N2OS. The van der Waals surface area contributed by atoms with E-state index < -0.39 is 0 Å². The van der Waals surface area contributed by atoms with Crippen LogP contribution in [0.4, 0.5) is 0 Å². The fourth-order valence-corrected chi connectivity index (χ4v) is 2.54. The molecule has 0 spiro atoms. The van der Waals surface area contributed by atoms with Crippen LogP contribution < -0.4 is 5.32 Å². The summed E-state index contributed by atoms with van der Waals surface area (Å²) < 4.78 is 0. The normalized spacial score (nSPS) is 15.2. The number of aromatic nitrogens is 1. The van der Waals surface area contributed by atoms with Gasteiger partial charge in [-0.1, -0.05) is 20.8 Å². The molecule has 1 aromatic heterocycles. The van der Waals surface area contributed by atoms with Crippen LogP contribution in [0.15, 0.2) is 6.20 Å². The zero-order valence-electron chi connectivity index (χ0n) is 11.3. The second kappa shape index (κ2) is 6.47. The Kier molecular flexibility index (Phi) is 5.56. The van der Waals surface area contributed by atoms with Crippen molar-refractivity contribution < 1.29 is 5.11 Å². The first-order chi connectivity index (χ1) is 7.99. The highest BCUT2D eigenvalue weighted by Gasteiger charge is 2.20. The van der Waals surface area contributed by atoms with Gasteiger partial charge in [0.1, 0.15) is 0 Å². The highest BCUT2D eigenvalue weighted by atomic mass is 32.1. The van der Waals surface area contributed by atoms with Crippen LogP contribution >= 0.6 is 11.3 Å². The minimum atomic E-state index is -0.178. The summed E-state index contributed by atoms with van der Waals surface area (Å²) in [6.45, 7) is 9.50. The fourth-order valence-electron chi connectivity index (χ4n) is 1.47. The van der Waals surface area contributed by atoms with Crippen molar-refractivity contribution in [3.63, 3.8) is 0 Å². The Balaban J connectivity index is 2.49. The van der Waals surface area contributed by atoms with E-state index >= 15 is 0 Å². The summed E-state index contributed by atoms with van der Waals surface area (Å²) in [6, 6.07) is 0. The minimum absolute atomic E-state index is 0.168. The molecule has 17 heavy (non-hydrogen) atoms. The lowest BCUT2D eigenvalue weighted by Gasteiger charge is -2.26. The molecule has 0 bridgehead atoms. The zero-order valence-corrected chi connectivity index (χ0v) is 12.1. The monoisotopic (exact) mass is 256 g/mol. The average Bonchev–Trinajstić information content (AvgIpc) is 2.73. The summed E-state index contributed by atoms with van der Waals surface area (Å²) in [4.78, 5) is 5.67. The van der Waals surface area contributed by atoms with Crippen molar-refractivity contribution >= 4 is 11.3 Å². The lowest BCUT2D eigenvalue weighted by Crippen LogP contribution is -2.44. The molecule has 0 saturated carbocycles. The molecule has 4 heteroatoms. The van der Waals surface area contributed by atoms with Crippen molar-refractivity contribution in [3.05, 3.63) is 16.1 Å². The molecule has 0 aliphatic carbocycles. The van der Waals surface area contributed by atoms with Gasteiger partial charge < -0.3 is 10.4 Å². The predicted octanol–water partition coefficient (Wildman–Crippen LogP) is 2.59. The molecule has 1 unspecified atom stereocenters. The molecule has 1 aromatic rings. The first kappa shape index (κ1) is 14.6.